The number of aliphatic hydroxyl groups excluding tert-OH is 1. The maximum absolute atomic E-state index is 13.3. The van der Waals surface area contributed by atoms with Crippen LogP contribution in [0.2, 0.25) is 0 Å². The van der Waals surface area contributed by atoms with Gasteiger partial charge in [0.15, 0.2) is 0 Å². The van der Waals surface area contributed by atoms with Gasteiger partial charge in [0.05, 0.1) is 24.1 Å². The molecule has 2 heterocycles. The molecule has 0 aliphatic carbocycles. The summed E-state index contributed by atoms with van der Waals surface area (Å²) in [5, 5.41) is 21.9. The molecule has 174 valence electrons. The first-order valence-corrected chi connectivity index (χ1v) is 10.9. The number of methoxy groups -OCH3 is 1. The summed E-state index contributed by atoms with van der Waals surface area (Å²) in [6, 6.07) is 14.0. The lowest BCUT2D eigenvalue weighted by atomic mass is 9.94. The van der Waals surface area contributed by atoms with Crippen LogP contribution in [0.3, 0.4) is 0 Å². The number of ketones is 1. The van der Waals surface area contributed by atoms with Gasteiger partial charge in [0.2, 0.25) is 0 Å². The first-order chi connectivity index (χ1) is 16.2. The fourth-order valence-corrected chi connectivity index (χ4v) is 4.21. The van der Waals surface area contributed by atoms with E-state index >= 15 is 0 Å². The standard InChI is InChI=1S/C27H26N2O5/c1-15(2)18-14-17(9-11-22(18)34-4)25(31)23-24(19-7-5-6-12-28-19)29(27(33)26(23)32)20-13-16(3)8-10-21(20)30/h5-15,24,30-31H,1-4H3/b25-23-. The molecule has 0 spiro atoms. The molecule has 1 saturated heterocycles. The Kier molecular flexibility index (Phi) is 6.11. The predicted molar refractivity (Wildman–Crippen MR) is 129 cm³/mol. The number of pyridine rings is 1. The number of ether oxygens (including phenoxy) is 1. The van der Waals surface area contributed by atoms with Gasteiger partial charge in [0.1, 0.15) is 23.3 Å². The highest BCUT2D eigenvalue weighted by Gasteiger charge is 2.48. The number of amides is 1. The molecule has 1 amide bonds. The summed E-state index contributed by atoms with van der Waals surface area (Å²) >= 11 is 0. The molecule has 0 radical (unpaired) electrons. The number of aryl methyl sites for hydroxylation is 1. The molecule has 1 fully saturated rings. The van der Waals surface area contributed by atoms with E-state index in [1.807, 2.05) is 20.8 Å². The van der Waals surface area contributed by atoms with Crippen LogP contribution in [-0.2, 0) is 9.59 Å². The third kappa shape index (κ3) is 3.90. The second-order valence-electron chi connectivity index (χ2n) is 8.53. The number of nitrogens with zero attached hydrogens (tertiary/aromatic N) is 2. The minimum atomic E-state index is -1.02. The minimum absolute atomic E-state index is 0.0931. The van der Waals surface area contributed by atoms with Crippen molar-refractivity contribution in [2.45, 2.75) is 32.7 Å². The molecule has 7 heteroatoms. The van der Waals surface area contributed by atoms with Crippen molar-refractivity contribution in [2.75, 3.05) is 12.0 Å². The van der Waals surface area contributed by atoms with Gasteiger partial charge in [-0.1, -0.05) is 26.0 Å². The van der Waals surface area contributed by atoms with Gasteiger partial charge < -0.3 is 14.9 Å². The molecule has 2 aromatic carbocycles. The van der Waals surface area contributed by atoms with E-state index in [0.29, 0.717) is 17.0 Å². The van der Waals surface area contributed by atoms with Crippen LogP contribution in [0, 0.1) is 6.92 Å². The van der Waals surface area contributed by atoms with E-state index in [9.17, 15) is 19.8 Å². The fraction of sp³-hybridized carbons (Fsp3) is 0.222. The lowest BCUT2D eigenvalue weighted by Gasteiger charge is -2.25. The normalized spacial score (nSPS) is 17.4. The minimum Gasteiger partial charge on any atom is -0.507 e. The average Bonchev–Trinajstić information content (AvgIpc) is 3.10. The van der Waals surface area contributed by atoms with Crippen LogP contribution in [0.5, 0.6) is 11.5 Å². The zero-order chi connectivity index (χ0) is 24.6. The first-order valence-electron chi connectivity index (χ1n) is 10.9. The van der Waals surface area contributed by atoms with Crippen LogP contribution in [-0.4, -0.2) is 34.0 Å². The fourth-order valence-electron chi connectivity index (χ4n) is 4.21. The summed E-state index contributed by atoms with van der Waals surface area (Å²) in [7, 11) is 1.57. The van der Waals surface area contributed by atoms with Crippen LogP contribution in [0.1, 0.15) is 48.2 Å². The number of benzene rings is 2. The van der Waals surface area contributed by atoms with E-state index in [0.717, 1.165) is 11.1 Å². The highest BCUT2D eigenvalue weighted by Crippen LogP contribution is 2.44. The third-order valence-corrected chi connectivity index (χ3v) is 5.93. The maximum Gasteiger partial charge on any atom is 0.300 e. The van der Waals surface area contributed by atoms with E-state index in [2.05, 4.69) is 4.98 Å². The zero-order valence-electron chi connectivity index (χ0n) is 19.4. The molecule has 7 nitrogen and oxygen atoms in total. The van der Waals surface area contributed by atoms with Gasteiger partial charge in [-0.2, -0.15) is 0 Å². The van der Waals surface area contributed by atoms with Gasteiger partial charge in [0, 0.05) is 11.8 Å². The predicted octanol–water partition coefficient (Wildman–Crippen LogP) is 4.85. The number of aromatic nitrogens is 1. The summed E-state index contributed by atoms with van der Waals surface area (Å²) < 4.78 is 5.43. The number of hydrogen-bond acceptors (Lipinski definition) is 6. The number of hydrogen-bond donors (Lipinski definition) is 2. The summed E-state index contributed by atoms with van der Waals surface area (Å²) in [4.78, 5) is 32.1. The topological polar surface area (TPSA) is 100.0 Å². The Morgan fingerprint density at radius 1 is 1.09 bits per heavy atom. The van der Waals surface area contributed by atoms with E-state index in [4.69, 9.17) is 4.74 Å². The Bertz CT molecular complexity index is 1300. The van der Waals surface area contributed by atoms with E-state index in [1.54, 1.807) is 61.8 Å². The molecule has 0 saturated carbocycles. The monoisotopic (exact) mass is 458 g/mol. The Hall–Kier alpha value is -4.13. The molecule has 4 rings (SSSR count). The van der Waals surface area contributed by atoms with Gasteiger partial charge in [-0.3, -0.25) is 19.5 Å². The quantitative estimate of drug-likeness (QED) is 0.322. The van der Waals surface area contributed by atoms with Crippen molar-refractivity contribution < 1.29 is 24.5 Å². The van der Waals surface area contributed by atoms with Crippen molar-refractivity contribution in [3.8, 4) is 11.5 Å². The van der Waals surface area contributed by atoms with E-state index in [-0.39, 0.29) is 28.7 Å². The third-order valence-electron chi connectivity index (χ3n) is 5.93. The van der Waals surface area contributed by atoms with Crippen LogP contribution in [0.25, 0.3) is 5.76 Å². The van der Waals surface area contributed by atoms with Crippen LogP contribution in [0.4, 0.5) is 5.69 Å². The lowest BCUT2D eigenvalue weighted by molar-refractivity contribution is -0.132. The molecule has 1 unspecified atom stereocenters. The number of aliphatic hydroxyl groups is 1. The van der Waals surface area contributed by atoms with Crippen LogP contribution in [0.15, 0.2) is 66.4 Å². The smallest absolute Gasteiger partial charge is 0.300 e. The zero-order valence-corrected chi connectivity index (χ0v) is 19.4. The van der Waals surface area contributed by atoms with Gasteiger partial charge >= 0.3 is 0 Å². The molecule has 1 aliphatic heterocycles. The highest BCUT2D eigenvalue weighted by molar-refractivity contribution is 6.51. The number of carbonyl (C=O) groups excluding carboxylic acids is 2. The number of phenols is 1. The van der Waals surface area contributed by atoms with Gasteiger partial charge in [0.25, 0.3) is 11.7 Å². The Morgan fingerprint density at radius 2 is 1.85 bits per heavy atom. The number of rotatable bonds is 5. The second kappa shape index (κ2) is 9.02. The number of anilines is 1. The van der Waals surface area contributed by atoms with Gasteiger partial charge in [-0.05, 0) is 66.4 Å². The summed E-state index contributed by atoms with van der Waals surface area (Å²) in [5.74, 6) is -1.40. The second-order valence-corrected chi connectivity index (χ2v) is 8.53. The molecular formula is C27H26N2O5. The molecule has 0 bridgehead atoms. The van der Waals surface area contributed by atoms with Crippen LogP contribution >= 0.6 is 0 Å². The number of carbonyl (C=O) groups is 2. The van der Waals surface area contributed by atoms with Gasteiger partial charge in [-0.25, -0.2) is 0 Å². The molecule has 34 heavy (non-hydrogen) atoms. The Labute approximate surface area is 198 Å². The van der Waals surface area contributed by atoms with E-state index in [1.165, 1.54) is 11.0 Å². The van der Waals surface area contributed by atoms with Crippen molar-refractivity contribution in [3.05, 3.63) is 88.8 Å². The maximum atomic E-state index is 13.3. The summed E-state index contributed by atoms with van der Waals surface area (Å²) in [6.45, 7) is 5.81. The number of phenolic OH excluding ortho intramolecular Hbond substituents is 1. The molecule has 3 aromatic rings. The highest BCUT2D eigenvalue weighted by atomic mass is 16.5. The van der Waals surface area contributed by atoms with Crippen molar-refractivity contribution in [1.29, 1.82) is 0 Å². The molecular weight excluding hydrogens is 432 g/mol. The van der Waals surface area contributed by atoms with Crippen LogP contribution < -0.4 is 9.64 Å². The lowest BCUT2D eigenvalue weighted by Crippen LogP contribution is -2.30. The summed E-state index contributed by atoms with van der Waals surface area (Å²) in [6.07, 6.45) is 1.55. The Morgan fingerprint density at radius 3 is 2.50 bits per heavy atom. The van der Waals surface area contributed by atoms with Crippen molar-refractivity contribution >= 4 is 23.1 Å². The van der Waals surface area contributed by atoms with Gasteiger partial charge in [-0.15, -0.1) is 0 Å². The molecule has 1 aromatic heterocycles. The Balaban J connectivity index is 1.97. The average molecular weight is 459 g/mol. The number of aromatic hydroxyl groups is 1. The summed E-state index contributed by atoms with van der Waals surface area (Å²) in [5.41, 5.74) is 2.51. The van der Waals surface area contributed by atoms with E-state index < -0.39 is 17.7 Å². The SMILES string of the molecule is COc1ccc(/C(O)=C2/C(=O)C(=O)N(c3cc(C)ccc3O)C2c2ccccn2)cc1C(C)C. The molecule has 1 aliphatic rings. The largest absolute Gasteiger partial charge is 0.507 e. The first kappa shape index (κ1) is 23.0. The molecule has 2 N–H and O–H groups in total. The number of Topliss-reactive ketones (excluding diaryl/α,β-unsaturated/α-hetero) is 1. The van der Waals surface area contributed by atoms with Crippen molar-refractivity contribution in [3.63, 3.8) is 0 Å². The van der Waals surface area contributed by atoms with Crippen molar-refractivity contribution in [2.24, 2.45) is 0 Å². The van der Waals surface area contributed by atoms with Crippen molar-refractivity contribution in [1.82, 2.24) is 4.98 Å². The molecule has 1 atom stereocenters.